The van der Waals surface area contributed by atoms with Gasteiger partial charge in [-0.2, -0.15) is 0 Å². The minimum atomic E-state index is -0.686. The summed E-state index contributed by atoms with van der Waals surface area (Å²) in [5, 5.41) is 4.85. The number of carbonyl (C=O) groups is 5. The molecule has 47 heavy (non-hydrogen) atoms. The molecule has 1 atom stereocenters. The van der Waals surface area contributed by atoms with E-state index in [1.807, 2.05) is 0 Å². The number of hydrogen-bond donors (Lipinski definition) is 2. The third kappa shape index (κ3) is 8.13. The van der Waals surface area contributed by atoms with Crippen molar-refractivity contribution in [2.75, 3.05) is 23.9 Å². The van der Waals surface area contributed by atoms with Crippen molar-refractivity contribution in [3.05, 3.63) is 126 Å². The maximum absolute atomic E-state index is 13.5. The Morgan fingerprint density at radius 1 is 0.894 bits per heavy atom. The lowest BCUT2D eigenvalue weighted by atomic mass is 10.1. The zero-order valence-corrected chi connectivity index (χ0v) is 26.4. The number of rotatable bonds is 11. The van der Waals surface area contributed by atoms with Crippen LogP contribution in [0.25, 0.3) is 6.08 Å². The predicted molar refractivity (Wildman–Crippen MR) is 179 cm³/mol. The number of nitrogens with zero attached hydrogens (tertiary/aromatic N) is 1. The minimum absolute atomic E-state index is 0.0139. The van der Waals surface area contributed by atoms with Gasteiger partial charge in [0.2, 0.25) is 11.8 Å². The third-order valence-corrected chi connectivity index (χ3v) is 8.25. The van der Waals surface area contributed by atoms with Crippen LogP contribution < -0.4 is 20.3 Å². The van der Waals surface area contributed by atoms with Crippen LogP contribution in [0.2, 0.25) is 0 Å². The highest BCUT2D eigenvalue weighted by molar-refractivity contribution is 8.00. The van der Waals surface area contributed by atoms with Gasteiger partial charge in [-0.15, -0.1) is 11.8 Å². The van der Waals surface area contributed by atoms with Crippen molar-refractivity contribution in [3.63, 3.8) is 0 Å². The molecule has 0 bridgehead atoms. The first-order chi connectivity index (χ1) is 22.7. The second-order valence-corrected chi connectivity index (χ2v) is 11.6. The molecule has 4 aromatic rings. The molecule has 0 spiro atoms. The Kier molecular flexibility index (Phi) is 10.5. The summed E-state index contributed by atoms with van der Waals surface area (Å²) in [6.45, 7) is 1.94. The number of nitrogens with one attached hydrogen (secondary N) is 2. The van der Waals surface area contributed by atoms with Gasteiger partial charge < -0.3 is 20.1 Å². The second kappa shape index (κ2) is 15.1. The summed E-state index contributed by atoms with van der Waals surface area (Å²) < 4.78 is 10.2. The molecule has 1 aliphatic heterocycles. The molecule has 1 fully saturated rings. The number of methoxy groups -OCH3 is 1. The van der Waals surface area contributed by atoms with Gasteiger partial charge in [0, 0.05) is 22.6 Å². The summed E-state index contributed by atoms with van der Waals surface area (Å²) >= 11 is 1.21. The summed E-state index contributed by atoms with van der Waals surface area (Å²) in [6.07, 6.45) is 1.55. The van der Waals surface area contributed by atoms with Crippen molar-refractivity contribution in [1.82, 2.24) is 5.32 Å². The van der Waals surface area contributed by atoms with Gasteiger partial charge in [-0.3, -0.25) is 19.2 Å². The van der Waals surface area contributed by atoms with Gasteiger partial charge in [0.1, 0.15) is 11.4 Å². The Morgan fingerprint density at radius 3 is 2.30 bits per heavy atom. The number of anilines is 2. The Hall–Kier alpha value is -5.68. The van der Waals surface area contributed by atoms with Crippen LogP contribution in [0.1, 0.15) is 39.6 Å². The van der Waals surface area contributed by atoms with Gasteiger partial charge in [0.05, 0.1) is 30.2 Å². The van der Waals surface area contributed by atoms with Crippen LogP contribution in [-0.4, -0.2) is 48.6 Å². The van der Waals surface area contributed by atoms with E-state index in [9.17, 15) is 24.0 Å². The number of ether oxygens (including phenoxy) is 2. The van der Waals surface area contributed by atoms with Crippen LogP contribution in [0.4, 0.5) is 11.4 Å². The summed E-state index contributed by atoms with van der Waals surface area (Å²) in [5.74, 6) is -1.59. The third-order valence-electron chi connectivity index (χ3n) is 7.07. The first kappa shape index (κ1) is 32.7. The van der Waals surface area contributed by atoms with Crippen molar-refractivity contribution in [3.8, 4) is 5.75 Å². The normalized spacial score (nSPS) is 14.5. The lowest BCUT2D eigenvalue weighted by Crippen LogP contribution is -2.31. The van der Waals surface area contributed by atoms with E-state index >= 15 is 0 Å². The van der Waals surface area contributed by atoms with E-state index in [2.05, 4.69) is 10.6 Å². The molecule has 11 heteroatoms. The lowest BCUT2D eigenvalue weighted by Gasteiger charge is -2.15. The average molecular weight is 650 g/mol. The van der Waals surface area contributed by atoms with Gasteiger partial charge in [-0.05, 0) is 85.3 Å². The largest absolute Gasteiger partial charge is 0.497 e. The van der Waals surface area contributed by atoms with Crippen LogP contribution in [0.15, 0.2) is 114 Å². The molecular formula is C36H31N3O7S. The zero-order chi connectivity index (χ0) is 33.3. The molecule has 0 radical (unpaired) electrons. The van der Waals surface area contributed by atoms with Crippen molar-refractivity contribution in [2.24, 2.45) is 0 Å². The summed E-state index contributed by atoms with van der Waals surface area (Å²) in [5.41, 5.74) is 2.19. The fourth-order valence-corrected chi connectivity index (χ4v) is 5.86. The molecule has 0 aliphatic carbocycles. The van der Waals surface area contributed by atoms with Crippen molar-refractivity contribution in [1.29, 1.82) is 0 Å². The fraction of sp³-hybridized carbons (Fsp3) is 0.139. The smallest absolute Gasteiger partial charge is 0.338 e. The Bertz CT molecular complexity index is 1820. The Balaban J connectivity index is 1.30. The highest BCUT2D eigenvalue weighted by atomic mass is 32.2. The van der Waals surface area contributed by atoms with Gasteiger partial charge in [-0.1, -0.05) is 36.4 Å². The second-order valence-electron chi connectivity index (χ2n) is 10.3. The van der Waals surface area contributed by atoms with Crippen LogP contribution in [0, 0.1) is 0 Å². The van der Waals surface area contributed by atoms with E-state index in [-0.39, 0.29) is 30.5 Å². The van der Waals surface area contributed by atoms with E-state index in [1.54, 1.807) is 111 Å². The van der Waals surface area contributed by atoms with Gasteiger partial charge >= 0.3 is 5.97 Å². The number of esters is 1. The zero-order valence-electron chi connectivity index (χ0n) is 25.6. The molecule has 0 unspecified atom stereocenters. The average Bonchev–Trinajstić information content (AvgIpc) is 3.36. The maximum Gasteiger partial charge on any atom is 0.338 e. The van der Waals surface area contributed by atoms with Crippen LogP contribution in [0.5, 0.6) is 5.75 Å². The van der Waals surface area contributed by atoms with Crippen molar-refractivity contribution in [2.45, 2.75) is 23.5 Å². The summed E-state index contributed by atoms with van der Waals surface area (Å²) in [6, 6.07) is 28.5. The fourth-order valence-electron chi connectivity index (χ4n) is 4.75. The molecule has 0 aromatic heterocycles. The lowest BCUT2D eigenvalue weighted by molar-refractivity contribution is -0.121. The molecule has 2 N–H and O–H groups in total. The molecule has 1 aliphatic rings. The minimum Gasteiger partial charge on any atom is -0.497 e. The molecule has 4 aromatic carbocycles. The van der Waals surface area contributed by atoms with Crippen LogP contribution in [-0.2, 0) is 19.1 Å². The van der Waals surface area contributed by atoms with Crippen molar-refractivity contribution >= 4 is 58.8 Å². The van der Waals surface area contributed by atoms with E-state index < -0.39 is 23.0 Å². The number of benzene rings is 4. The number of thioether (sulfide) groups is 1. The number of hydrogen-bond acceptors (Lipinski definition) is 8. The highest BCUT2D eigenvalue weighted by Gasteiger charge is 2.40. The number of carbonyl (C=O) groups excluding carboxylic acids is 5. The first-order valence-electron chi connectivity index (χ1n) is 14.7. The topological polar surface area (TPSA) is 131 Å². The summed E-state index contributed by atoms with van der Waals surface area (Å²) in [4.78, 5) is 66.4. The molecule has 1 heterocycles. The van der Waals surface area contributed by atoms with E-state index in [0.717, 1.165) is 4.90 Å². The van der Waals surface area contributed by atoms with Gasteiger partial charge in [0.15, 0.2) is 0 Å². The van der Waals surface area contributed by atoms with Crippen LogP contribution in [0.3, 0.4) is 0 Å². The van der Waals surface area contributed by atoms with Gasteiger partial charge in [-0.25, -0.2) is 9.69 Å². The highest BCUT2D eigenvalue weighted by Crippen LogP contribution is 2.35. The molecule has 238 valence electrons. The SMILES string of the molecule is CCOC(=O)c1ccc(N2C(=O)C[C@@H](Sc3cccc(NC(=O)/C(=C/c4ccc(OC)cc4)NC(=O)c4ccccc4)c3)C2=O)cc1. The van der Waals surface area contributed by atoms with Gasteiger partial charge in [0.25, 0.3) is 11.8 Å². The van der Waals surface area contributed by atoms with Crippen molar-refractivity contribution < 1.29 is 33.4 Å². The van der Waals surface area contributed by atoms with E-state index in [0.29, 0.717) is 38.7 Å². The molecule has 1 saturated heterocycles. The van der Waals surface area contributed by atoms with Crippen LogP contribution >= 0.6 is 11.8 Å². The standard InChI is InChI=1S/C36H31N3O7S/c1-3-46-36(44)25-14-16-27(17-15-25)39-32(40)22-31(35(39)43)47-29-11-7-10-26(21-29)37-34(42)30(20-23-12-18-28(45-2)19-13-23)38-33(41)24-8-5-4-6-9-24/h4-21,31H,3,22H2,1-2H3,(H,37,42)(H,38,41)/b30-20-/t31-/m1/s1. The quantitative estimate of drug-likeness (QED) is 0.120. The van der Waals surface area contributed by atoms with E-state index in [1.165, 1.54) is 23.9 Å². The van der Waals surface area contributed by atoms with E-state index in [4.69, 9.17) is 9.47 Å². The Morgan fingerprint density at radius 2 is 1.62 bits per heavy atom. The predicted octanol–water partition coefficient (Wildman–Crippen LogP) is 5.71. The number of imide groups is 1. The number of amides is 4. The Labute approximate surface area is 275 Å². The molecule has 4 amide bonds. The summed E-state index contributed by atoms with van der Waals surface area (Å²) in [7, 11) is 1.56. The first-order valence-corrected chi connectivity index (χ1v) is 15.6. The maximum atomic E-state index is 13.5. The molecule has 5 rings (SSSR count). The monoisotopic (exact) mass is 649 g/mol. The molecule has 0 saturated carbocycles. The molecular weight excluding hydrogens is 618 g/mol. The molecule has 10 nitrogen and oxygen atoms in total.